The maximum absolute atomic E-state index is 6.22. The zero-order valence-electron chi connectivity index (χ0n) is 10.7. The largest absolute Gasteiger partial charge is 0.383 e. The summed E-state index contributed by atoms with van der Waals surface area (Å²) in [7, 11) is 1.72. The minimum Gasteiger partial charge on any atom is -0.383 e. The zero-order valence-corrected chi connectivity index (χ0v) is 11.5. The van der Waals surface area contributed by atoms with Gasteiger partial charge in [-0.15, -0.1) is 0 Å². The van der Waals surface area contributed by atoms with Crippen molar-refractivity contribution >= 4 is 17.3 Å². The third kappa shape index (κ3) is 3.57. The Bertz CT molecular complexity index is 369. The van der Waals surface area contributed by atoms with Gasteiger partial charge in [-0.2, -0.15) is 0 Å². The number of anilines is 1. The van der Waals surface area contributed by atoms with Crippen LogP contribution in [0.1, 0.15) is 12.8 Å². The van der Waals surface area contributed by atoms with E-state index in [2.05, 4.69) is 15.2 Å². The van der Waals surface area contributed by atoms with Gasteiger partial charge in [0.25, 0.3) is 0 Å². The predicted octanol–water partition coefficient (Wildman–Crippen LogP) is 1.94. The van der Waals surface area contributed by atoms with Crippen molar-refractivity contribution in [3.8, 4) is 0 Å². The van der Waals surface area contributed by atoms with Gasteiger partial charge in [-0.05, 0) is 25.5 Å². The van der Waals surface area contributed by atoms with E-state index in [1.807, 2.05) is 6.07 Å². The van der Waals surface area contributed by atoms with Gasteiger partial charge in [0, 0.05) is 38.6 Å². The summed E-state index contributed by atoms with van der Waals surface area (Å²) >= 11 is 6.22. The fourth-order valence-electron chi connectivity index (χ4n) is 2.31. The Balaban J connectivity index is 2.06. The van der Waals surface area contributed by atoms with E-state index < -0.39 is 0 Å². The van der Waals surface area contributed by atoms with Gasteiger partial charge in [-0.1, -0.05) is 11.6 Å². The first-order chi connectivity index (χ1) is 8.81. The van der Waals surface area contributed by atoms with Crippen LogP contribution in [0.4, 0.5) is 5.69 Å². The maximum atomic E-state index is 6.22. The molecule has 1 unspecified atom stereocenters. The second kappa shape index (κ2) is 6.92. The Kier molecular flexibility index (Phi) is 5.23. The molecule has 100 valence electrons. The van der Waals surface area contributed by atoms with Crippen LogP contribution in [0.25, 0.3) is 0 Å². The molecule has 1 aromatic rings. The van der Waals surface area contributed by atoms with Crippen LogP contribution >= 0.6 is 11.6 Å². The third-order valence-corrected chi connectivity index (χ3v) is 3.55. The lowest BCUT2D eigenvalue weighted by Crippen LogP contribution is -2.39. The highest BCUT2D eigenvalue weighted by molar-refractivity contribution is 6.33. The highest BCUT2D eigenvalue weighted by Crippen LogP contribution is 2.24. The van der Waals surface area contributed by atoms with Crippen molar-refractivity contribution in [2.45, 2.75) is 18.9 Å². The molecule has 2 rings (SSSR count). The lowest BCUT2D eigenvalue weighted by Gasteiger charge is -2.28. The van der Waals surface area contributed by atoms with Crippen molar-refractivity contribution in [2.75, 3.05) is 38.3 Å². The van der Waals surface area contributed by atoms with Crippen LogP contribution in [0.15, 0.2) is 18.5 Å². The molecule has 0 amide bonds. The molecule has 0 aliphatic carbocycles. The molecule has 0 saturated carbocycles. The molecular weight excluding hydrogens is 250 g/mol. The Labute approximate surface area is 113 Å². The molecule has 0 bridgehead atoms. The van der Waals surface area contributed by atoms with Crippen LogP contribution in [0.2, 0.25) is 5.02 Å². The summed E-state index contributed by atoms with van der Waals surface area (Å²) in [6, 6.07) is 2.51. The number of aromatic nitrogens is 1. The van der Waals surface area contributed by atoms with Gasteiger partial charge in [0.2, 0.25) is 0 Å². The normalized spacial score (nSPS) is 19.1. The molecule has 1 fully saturated rings. The standard InChI is InChI=1S/C13H20ClN3O/c1-18-8-7-17(10-11-3-2-5-16-11)13-4-6-15-9-12(13)14/h4,6,9,11,16H,2-3,5,7-8,10H2,1H3. The Hall–Kier alpha value is -0.840. The lowest BCUT2D eigenvalue weighted by atomic mass is 10.2. The molecular formula is C13H20ClN3O. The van der Waals surface area contributed by atoms with Crippen LogP contribution in [-0.2, 0) is 4.74 Å². The van der Waals surface area contributed by atoms with Crippen molar-refractivity contribution in [2.24, 2.45) is 0 Å². The summed E-state index contributed by atoms with van der Waals surface area (Å²) in [5.41, 5.74) is 1.04. The van der Waals surface area contributed by atoms with E-state index in [4.69, 9.17) is 16.3 Å². The summed E-state index contributed by atoms with van der Waals surface area (Å²) in [5.74, 6) is 0. The van der Waals surface area contributed by atoms with Crippen molar-refractivity contribution in [1.29, 1.82) is 0 Å². The number of ether oxygens (including phenoxy) is 1. The van der Waals surface area contributed by atoms with Crippen LogP contribution in [0.5, 0.6) is 0 Å². The number of methoxy groups -OCH3 is 1. The number of hydrogen-bond acceptors (Lipinski definition) is 4. The zero-order chi connectivity index (χ0) is 12.8. The molecule has 18 heavy (non-hydrogen) atoms. The van der Waals surface area contributed by atoms with Crippen molar-refractivity contribution < 1.29 is 4.74 Å². The summed E-state index contributed by atoms with van der Waals surface area (Å²) in [4.78, 5) is 6.31. The maximum Gasteiger partial charge on any atom is 0.0822 e. The first-order valence-electron chi connectivity index (χ1n) is 6.38. The van der Waals surface area contributed by atoms with E-state index in [-0.39, 0.29) is 0 Å². The average Bonchev–Trinajstić information content (AvgIpc) is 2.88. The number of pyridine rings is 1. The van der Waals surface area contributed by atoms with Gasteiger partial charge in [0.1, 0.15) is 0 Å². The van der Waals surface area contributed by atoms with Crippen LogP contribution in [-0.4, -0.2) is 44.4 Å². The van der Waals surface area contributed by atoms with E-state index in [1.165, 1.54) is 12.8 Å². The third-order valence-electron chi connectivity index (χ3n) is 3.26. The smallest absolute Gasteiger partial charge is 0.0822 e. The minimum atomic E-state index is 0.547. The second-order valence-electron chi connectivity index (χ2n) is 4.56. The Morgan fingerprint density at radius 3 is 3.17 bits per heavy atom. The van der Waals surface area contributed by atoms with E-state index >= 15 is 0 Å². The second-order valence-corrected chi connectivity index (χ2v) is 4.97. The molecule has 1 aliphatic heterocycles. The number of nitrogens with zero attached hydrogens (tertiary/aromatic N) is 2. The number of nitrogens with one attached hydrogen (secondary N) is 1. The Morgan fingerprint density at radius 1 is 1.61 bits per heavy atom. The summed E-state index contributed by atoms with van der Waals surface area (Å²) < 4.78 is 5.18. The van der Waals surface area contributed by atoms with Crippen molar-refractivity contribution in [3.05, 3.63) is 23.5 Å². The summed E-state index contributed by atoms with van der Waals surface area (Å²) in [6.07, 6.45) is 5.96. The minimum absolute atomic E-state index is 0.547. The molecule has 4 nitrogen and oxygen atoms in total. The van der Waals surface area contributed by atoms with Gasteiger partial charge in [-0.25, -0.2) is 0 Å². The van der Waals surface area contributed by atoms with Gasteiger partial charge >= 0.3 is 0 Å². The molecule has 1 aliphatic rings. The van der Waals surface area contributed by atoms with E-state index in [0.717, 1.165) is 25.3 Å². The fourth-order valence-corrected chi connectivity index (χ4v) is 2.55. The molecule has 0 aromatic carbocycles. The molecule has 1 atom stereocenters. The first-order valence-corrected chi connectivity index (χ1v) is 6.76. The van der Waals surface area contributed by atoms with Gasteiger partial charge in [0.05, 0.1) is 17.3 Å². The van der Waals surface area contributed by atoms with Crippen molar-refractivity contribution in [3.63, 3.8) is 0 Å². The van der Waals surface area contributed by atoms with E-state index in [0.29, 0.717) is 17.7 Å². The van der Waals surface area contributed by atoms with Gasteiger partial charge in [0.15, 0.2) is 0 Å². The summed E-state index contributed by atoms with van der Waals surface area (Å²) in [5, 5.41) is 4.21. The quantitative estimate of drug-likeness (QED) is 0.857. The Morgan fingerprint density at radius 2 is 2.50 bits per heavy atom. The molecule has 0 radical (unpaired) electrons. The summed E-state index contributed by atoms with van der Waals surface area (Å²) in [6.45, 7) is 3.63. The van der Waals surface area contributed by atoms with Crippen LogP contribution in [0.3, 0.4) is 0 Å². The SMILES string of the molecule is COCCN(CC1CCCN1)c1ccncc1Cl. The number of halogens is 1. The highest BCUT2D eigenvalue weighted by Gasteiger charge is 2.19. The topological polar surface area (TPSA) is 37.4 Å². The molecule has 1 N–H and O–H groups in total. The van der Waals surface area contributed by atoms with Crippen molar-refractivity contribution in [1.82, 2.24) is 10.3 Å². The van der Waals surface area contributed by atoms with Crippen LogP contribution in [0, 0.1) is 0 Å². The monoisotopic (exact) mass is 269 g/mol. The predicted molar refractivity (Wildman–Crippen MR) is 74.4 cm³/mol. The molecule has 1 saturated heterocycles. The van der Waals surface area contributed by atoms with Gasteiger partial charge in [-0.3, -0.25) is 4.98 Å². The molecule has 2 heterocycles. The fraction of sp³-hybridized carbons (Fsp3) is 0.615. The molecule has 5 heteroatoms. The molecule has 1 aromatic heterocycles. The van der Waals surface area contributed by atoms with Crippen LogP contribution < -0.4 is 10.2 Å². The number of hydrogen-bond donors (Lipinski definition) is 1. The average molecular weight is 270 g/mol. The van der Waals surface area contributed by atoms with Gasteiger partial charge < -0.3 is 15.0 Å². The first kappa shape index (κ1) is 13.6. The lowest BCUT2D eigenvalue weighted by molar-refractivity contribution is 0.204. The molecule has 0 spiro atoms. The highest BCUT2D eigenvalue weighted by atomic mass is 35.5. The van der Waals surface area contributed by atoms with E-state index in [1.54, 1.807) is 19.5 Å². The number of rotatable bonds is 6. The van der Waals surface area contributed by atoms with E-state index in [9.17, 15) is 0 Å².